The number of hydrogen-bond acceptors (Lipinski definition) is 4. The van der Waals surface area contributed by atoms with Gasteiger partial charge in [0.1, 0.15) is 5.75 Å². The van der Waals surface area contributed by atoms with Crippen molar-refractivity contribution in [1.29, 1.82) is 0 Å². The van der Waals surface area contributed by atoms with E-state index in [0.717, 1.165) is 50.0 Å². The van der Waals surface area contributed by atoms with Gasteiger partial charge >= 0.3 is 0 Å². The smallest absolute Gasteiger partial charge is 0.159 e. The molecule has 1 aromatic rings. The minimum absolute atomic E-state index is 0.0567. The molecule has 1 unspecified atom stereocenters. The molecule has 3 aliphatic rings. The molecular formula is C29H44O4Si. The van der Waals surface area contributed by atoms with Crippen LogP contribution in [0.4, 0.5) is 0 Å². The van der Waals surface area contributed by atoms with Crippen LogP contribution in [0, 0.1) is 5.92 Å². The quantitative estimate of drug-likeness (QED) is 0.293. The van der Waals surface area contributed by atoms with Crippen LogP contribution in [0.15, 0.2) is 29.3 Å². The Hall–Kier alpha value is -1.43. The summed E-state index contributed by atoms with van der Waals surface area (Å²) in [4.78, 5) is 13.3. The van der Waals surface area contributed by atoms with Crippen molar-refractivity contribution in [3.8, 4) is 5.75 Å². The fourth-order valence-corrected chi connectivity index (χ4v) is 7.97. The van der Waals surface area contributed by atoms with E-state index in [9.17, 15) is 4.79 Å². The Labute approximate surface area is 207 Å². The molecule has 0 aromatic heterocycles. The fraction of sp³-hybridized carbons (Fsp3) is 0.690. The van der Waals surface area contributed by atoms with E-state index in [1.54, 1.807) is 7.11 Å². The Balaban J connectivity index is 1.62. The summed E-state index contributed by atoms with van der Waals surface area (Å²) in [5.74, 6) is 2.00. The first-order chi connectivity index (χ1) is 16.1. The SMILES string of the molecule is COc1cccc2c1C[C@H]1CC(=O)C(CCCOC3CCCCO3)=C1[C@@H]2C[Si](C)(C)C(C)(C)C. The standard InChI is InChI=1S/C29H44O4Si/c1-29(2,3)34(5,6)19-24-21-11-9-13-26(31-4)23(21)17-20-18-25(30)22(28(20)24)12-10-16-33-27-14-7-8-15-32-27/h9,11,13,20,24,27H,7-8,10,12,14-19H2,1-6H3/t20-,24+,27?/m0/s1. The molecule has 2 aliphatic carbocycles. The number of fused-ring (bicyclic) bond motifs is 2. The van der Waals surface area contributed by atoms with Crippen LogP contribution in [-0.4, -0.2) is 40.5 Å². The van der Waals surface area contributed by atoms with E-state index in [0.29, 0.717) is 35.7 Å². The van der Waals surface area contributed by atoms with E-state index in [1.165, 1.54) is 29.2 Å². The van der Waals surface area contributed by atoms with Crippen molar-refractivity contribution in [2.45, 2.75) is 102 Å². The molecule has 34 heavy (non-hydrogen) atoms. The van der Waals surface area contributed by atoms with Crippen LogP contribution in [0.5, 0.6) is 5.75 Å². The number of methoxy groups -OCH3 is 1. The van der Waals surface area contributed by atoms with Gasteiger partial charge in [-0.3, -0.25) is 4.79 Å². The second-order valence-corrected chi connectivity index (χ2v) is 17.8. The van der Waals surface area contributed by atoms with Crippen molar-refractivity contribution < 1.29 is 19.0 Å². The Kier molecular flexibility index (Phi) is 7.76. The molecule has 1 aliphatic heterocycles. The average Bonchev–Trinajstić information content (AvgIpc) is 3.11. The molecule has 1 saturated heterocycles. The zero-order valence-electron chi connectivity index (χ0n) is 22.2. The molecule has 1 fully saturated rings. The van der Waals surface area contributed by atoms with Gasteiger partial charge in [-0.15, -0.1) is 0 Å². The van der Waals surface area contributed by atoms with Crippen LogP contribution >= 0.6 is 0 Å². The molecule has 1 heterocycles. The number of benzene rings is 1. The lowest BCUT2D eigenvalue weighted by Gasteiger charge is -2.43. The normalized spacial score (nSPS) is 25.4. The van der Waals surface area contributed by atoms with Gasteiger partial charge in [0.05, 0.1) is 21.8 Å². The fourth-order valence-electron chi connectivity index (χ4n) is 5.90. The van der Waals surface area contributed by atoms with E-state index >= 15 is 0 Å². The van der Waals surface area contributed by atoms with Crippen molar-refractivity contribution in [3.63, 3.8) is 0 Å². The van der Waals surface area contributed by atoms with Crippen molar-refractivity contribution in [2.75, 3.05) is 20.3 Å². The molecule has 1 aromatic carbocycles. The minimum atomic E-state index is -1.59. The lowest BCUT2D eigenvalue weighted by Crippen LogP contribution is -2.40. The molecule has 0 saturated carbocycles. The summed E-state index contributed by atoms with van der Waals surface area (Å²) in [7, 11) is 0.181. The Morgan fingerprint density at radius 3 is 2.62 bits per heavy atom. The van der Waals surface area contributed by atoms with Gasteiger partial charge in [-0.05, 0) is 78.3 Å². The third-order valence-corrected chi connectivity index (χ3v) is 14.4. The average molecular weight is 485 g/mol. The number of Topliss-reactive ketones (excluding diaryl/α,β-unsaturated/α-hetero) is 1. The van der Waals surface area contributed by atoms with E-state index < -0.39 is 8.07 Å². The maximum Gasteiger partial charge on any atom is 0.159 e. The highest BCUT2D eigenvalue weighted by Crippen LogP contribution is 2.54. The number of rotatable bonds is 8. The van der Waals surface area contributed by atoms with E-state index in [1.807, 2.05) is 0 Å². The summed E-state index contributed by atoms with van der Waals surface area (Å²) in [5.41, 5.74) is 5.28. The topological polar surface area (TPSA) is 44.8 Å². The van der Waals surface area contributed by atoms with E-state index in [-0.39, 0.29) is 6.29 Å². The minimum Gasteiger partial charge on any atom is -0.496 e. The van der Waals surface area contributed by atoms with Crippen LogP contribution in [0.1, 0.15) is 76.3 Å². The van der Waals surface area contributed by atoms with Crippen molar-refractivity contribution >= 4 is 13.9 Å². The molecule has 0 bridgehead atoms. The first-order valence-corrected chi connectivity index (χ1v) is 16.5. The van der Waals surface area contributed by atoms with Gasteiger partial charge in [-0.1, -0.05) is 51.6 Å². The van der Waals surface area contributed by atoms with Crippen LogP contribution in [0.2, 0.25) is 24.2 Å². The van der Waals surface area contributed by atoms with Gasteiger partial charge in [0.15, 0.2) is 12.1 Å². The highest BCUT2D eigenvalue weighted by Gasteiger charge is 2.45. The highest BCUT2D eigenvalue weighted by molar-refractivity contribution is 6.80. The molecule has 0 N–H and O–H groups in total. The van der Waals surface area contributed by atoms with Gasteiger partial charge in [0, 0.05) is 18.9 Å². The van der Waals surface area contributed by atoms with Crippen molar-refractivity contribution in [1.82, 2.24) is 0 Å². The third-order valence-electron chi connectivity index (χ3n) is 8.90. The zero-order chi connectivity index (χ0) is 24.5. The number of ketones is 1. The molecule has 5 heteroatoms. The third kappa shape index (κ3) is 5.22. The number of allylic oxidation sites excluding steroid dienone is 2. The predicted octanol–water partition coefficient (Wildman–Crippen LogP) is 7.05. The Morgan fingerprint density at radius 1 is 1.15 bits per heavy atom. The summed E-state index contributed by atoms with van der Waals surface area (Å²) in [6.07, 6.45) is 6.53. The largest absolute Gasteiger partial charge is 0.496 e. The Bertz CT molecular complexity index is 921. The van der Waals surface area contributed by atoms with Crippen LogP contribution < -0.4 is 4.74 Å². The van der Waals surface area contributed by atoms with Gasteiger partial charge in [0.25, 0.3) is 0 Å². The highest BCUT2D eigenvalue weighted by atomic mass is 28.3. The maximum atomic E-state index is 13.3. The summed E-state index contributed by atoms with van der Waals surface area (Å²) in [6.45, 7) is 13.7. The molecule has 4 nitrogen and oxygen atoms in total. The molecule has 0 radical (unpaired) electrons. The van der Waals surface area contributed by atoms with Crippen molar-refractivity contribution in [3.05, 3.63) is 40.5 Å². The molecule has 0 spiro atoms. The number of carbonyl (C=O) groups is 1. The number of hydrogen-bond donors (Lipinski definition) is 0. The summed E-state index contributed by atoms with van der Waals surface area (Å²) < 4.78 is 17.5. The number of ether oxygens (including phenoxy) is 3. The monoisotopic (exact) mass is 484 g/mol. The molecule has 0 amide bonds. The predicted molar refractivity (Wildman–Crippen MR) is 140 cm³/mol. The second-order valence-electron chi connectivity index (χ2n) is 12.2. The van der Waals surface area contributed by atoms with Gasteiger partial charge in [0.2, 0.25) is 0 Å². The first kappa shape index (κ1) is 25.7. The molecule has 3 atom stereocenters. The van der Waals surface area contributed by atoms with Gasteiger partial charge in [-0.2, -0.15) is 0 Å². The summed E-state index contributed by atoms with van der Waals surface area (Å²) in [5, 5.41) is 0.302. The Morgan fingerprint density at radius 2 is 1.94 bits per heavy atom. The lowest BCUT2D eigenvalue weighted by atomic mass is 9.73. The van der Waals surface area contributed by atoms with Gasteiger partial charge < -0.3 is 14.2 Å². The number of carbonyl (C=O) groups excluding carboxylic acids is 1. The molecule has 4 rings (SSSR count). The van der Waals surface area contributed by atoms with E-state index in [2.05, 4.69) is 52.1 Å². The van der Waals surface area contributed by atoms with Gasteiger partial charge in [-0.25, -0.2) is 0 Å². The first-order valence-electron chi connectivity index (χ1n) is 13.3. The molecule has 188 valence electrons. The lowest BCUT2D eigenvalue weighted by molar-refractivity contribution is -0.162. The second kappa shape index (κ2) is 10.3. The summed E-state index contributed by atoms with van der Waals surface area (Å²) >= 11 is 0. The van der Waals surface area contributed by atoms with Crippen LogP contribution in [-0.2, 0) is 20.7 Å². The van der Waals surface area contributed by atoms with Crippen LogP contribution in [0.3, 0.4) is 0 Å². The zero-order valence-corrected chi connectivity index (χ0v) is 23.2. The molecular weight excluding hydrogens is 440 g/mol. The summed E-state index contributed by atoms with van der Waals surface area (Å²) in [6, 6.07) is 7.68. The maximum absolute atomic E-state index is 13.3. The van der Waals surface area contributed by atoms with E-state index in [4.69, 9.17) is 14.2 Å². The van der Waals surface area contributed by atoms with Crippen molar-refractivity contribution in [2.24, 2.45) is 5.92 Å². The van der Waals surface area contributed by atoms with Crippen LogP contribution in [0.25, 0.3) is 0 Å².